The van der Waals surface area contributed by atoms with Gasteiger partial charge in [0.15, 0.2) is 0 Å². The molecule has 0 spiro atoms. The van der Waals surface area contributed by atoms with Crippen LogP contribution in [0.3, 0.4) is 0 Å². The van der Waals surface area contributed by atoms with Gasteiger partial charge in [0.1, 0.15) is 5.82 Å². The molecule has 0 aromatic heterocycles. The molecule has 2 saturated carbocycles. The summed E-state index contributed by atoms with van der Waals surface area (Å²) in [5, 5.41) is 3.65. The third kappa shape index (κ3) is 3.38. The highest BCUT2D eigenvalue weighted by molar-refractivity contribution is 9.10. The molecule has 2 fully saturated rings. The van der Waals surface area contributed by atoms with Crippen LogP contribution in [0.1, 0.15) is 44.2 Å². The number of nitrogens with one attached hydrogen (secondary N) is 1. The third-order valence-corrected chi connectivity index (χ3v) is 5.17. The third-order valence-electron chi connectivity index (χ3n) is 4.56. The van der Waals surface area contributed by atoms with Crippen molar-refractivity contribution in [1.29, 1.82) is 0 Å². The smallest absolute Gasteiger partial charge is 0.137 e. The van der Waals surface area contributed by atoms with Gasteiger partial charge in [-0.15, -0.1) is 0 Å². The highest BCUT2D eigenvalue weighted by Gasteiger charge is 2.41. The van der Waals surface area contributed by atoms with Gasteiger partial charge >= 0.3 is 0 Å². The molecule has 0 heterocycles. The first kappa shape index (κ1) is 13.6. The molecule has 0 aliphatic heterocycles. The highest BCUT2D eigenvalue weighted by atomic mass is 79.9. The van der Waals surface area contributed by atoms with E-state index in [1.807, 2.05) is 12.1 Å². The number of hydrogen-bond donors (Lipinski definition) is 1. The molecule has 1 aromatic rings. The van der Waals surface area contributed by atoms with Crippen molar-refractivity contribution in [3.05, 3.63) is 34.1 Å². The Bertz CT molecular complexity index is 442. The van der Waals surface area contributed by atoms with Crippen LogP contribution in [-0.2, 0) is 0 Å². The molecule has 0 amide bonds. The maximum absolute atomic E-state index is 13.2. The van der Waals surface area contributed by atoms with Crippen LogP contribution in [0.2, 0.25) is 0 Å². The molecular formula is C16H21BrFN. The van der Waals surface area contributed by atoms with Crippen molar-refractivity contribution in [2.24, 2.45) is 17.8 Å². The SMILES string of the molecule is CC(NCC(C1CC1)C1CC1)c1ccc(F)c(Br)c1. The number of hydrogen-bond acceptors (Lipinski definition) is 1. The lowest BCUT2D eigenvalue weighted by Crippen LogP contribution is -2.28. The lowest BCUT2D eigenvalue weighted by molar-refractivity contribution is 0.362. The van der Waals surface area contributed by atoms with Gasteiger partial charge in [0, 0.05) is 6.04 Å². The molecule has 1 aromatic carbocycles. The Hall–Kier alpha value is -0.410. The molecule has 3 heteroatoms. The molecule has 0 saturated heterocycles. The highest BCUT2D eigenvalue weighted by Crippen LogP contribution is 2.49. The standard InChI is InChI=1S/C16H21BrFN/c1-10(13-6-7-16(18)15(17)8-13)19-9-14(11-2-3-11)12-4-5-12/h6-8,10-12,14,19H,2-5,9H2,1H3. The molecule has 2 aliphatic rings. The van der Waals surface area contributed by atoms with E-state index in [9.17, 15) is 4.39 Å². The molecule has 3 rings (SSSR count). The van der Waals surface area contributed by atoms with E-state index in [1.165, 1.54) is 31.7 Å². The topological polar surface area (TPSA) is 12.0 Å². The zero-order valence-corrected chi connectivity index (χ0v) is 12.9. The Morgan fingerprint density at radius 3 is 2.42 bits per heavy atom. The predicted octanol–water partition coefficient (Wildman–Crippen LogP) is 4.68. The summed E-state index contributed by atoms with van der Waals surface area (Å²) in [5.74, 6) is 2.65. The van der Waals surface area contributed by atoms with Gasteiger partial charge < -0.3 is 5.32 Å². The van der Waals surface area contributed by atoms with E-state index < -0.39 is 0 Å². The Morgan fingerprint density at radius 1 is 1.26 bits per heavy atom. The summed E-state index contributed by atoms with van der Waals surface area (Å²) in [7, 11) is 0. The van der Waals surface area contributed by atoms with Gasteiger partial charge in [-0.1, -0.05) is 6.07 Å². The van der Waals surface area contributed by atoms with E-state index in [2.05, 4.69) is 28.2 Å². The Balaban J connectivity index is 1.57. The first-order chi connectivity index (χ1) is 9.15. The zero-order valence-electron chi connectivity index (χ0n) is 11.3. The predicted molar refractivity (Wildman–Crippen MR) is 79.5 cm³/mol. The minimum absolute atomic E-state index is 0.190. The average Bonchev–Trinajstić information content (AvgIpc) is 3.26. The maximum atomic E-state index is 13.2. The van der Waals surface area contributed by atoms with Gasteiger partial charge in [0.2, 0.25) is 0 Å². The van der Waals surface area contributed by atoms with Gasteiger partial charge in [-0.3, -0.25) is 0 Å². The molecule has 0 bridgehead atoms. The first-order valence-corrected chi connectivity index (χ1v) is 8.13. The minimum atomic E-state index is -0.190. The molecule has 1 N–H and O–H groups in total. The quantitative estimate of drug-likeness (QED) is 0.801. The molecule has 0 radical (unpaired) electrons. The summed E-state index contributed by atoms with van der Waals surface area (Å²) < 4.78 is 13.8. The van der Waals surface area contributed by atoms with E-state index in [1.54, 1.807) is 0 Å². The molecular weight excluding hydrogens is 305 g/mol. The fourth-order valence-electron chi connectivity index (χ4n) is 2.98. The van der Waals surface area contributed by atoms with Crippen LogP contribution in [0.15, 0.2) is 22.7 Å². The maximum Gasteiger partial charge on any atom is 0.137 e. The normalized spacial score (nSPS) is 20.8. The fraction of sp³-hybridized carbons (Fsp3) is 0.625. The second kappa shape index (κ2) is 5.53. The molecule has 1 atom stereocenters. The summed E-state index contributed by atoms with van der Waals surface area (Å²) in [5.41, 5.74) is 1.15. The van der Waals surface area contributed by atoms with Gasteiger partial charge in [-0.2, -0.15) is 0 Å². The van der Waals surface area contributed by atoms with Crippen molar-refractivity contribution in [1.82, 2.24) is 5.32 Å². The van der Waals surface area contributed by atoms with Crippen molar-refractivity contribution < 1.29 is 4.39 Å². The summed E-state index contributed by atoms with van der Waals surface area (Å²) in [4.78, 5) is 0. The van der Waals surface area contributed by atoms with Crippen molar-refractivity contribution in [3.63, 3.8) is 0 Å². The lowest BCUT2D eigenvalue weighted by Gasteiger charge is -2.21. The van der Waals surface area contributed by atoms with Crippen LogP contribution in [0.5, 0.6) is 0 Å². The summed E-state index contributed by atoms with van der Waals surface area (Å²) >= 11 is 3.26. The van der Waals surface area contributed by atoms with E-state index in [4.69, 9.17) is 0 Å². The first-order valence-electron chi connectivity index (χ1n) is 7.33. The van der Waals surface area contributed by atoms with Crippen molar-refractivity contribution in [3.8, 4) is 0 Å². The average molecular weight is 326 g/mol. The van der Waals surface area contributed by atoms with Gasteiger partial charge in [0.25, 0.3) is 0 Å². The van der Waals surface area contributed by atoms with E-state index in [0.29, 0.717) is 4.47 Å². The van der Waals surface area contributed by atoms with E-state index >= 15 is 0 Å². The Labute approximate surface area is 123 Å². The fourth-order valence-corrected chi connectivity index (χ4v) is 3.38. The van der Waals surface area contributed by atoms with Crippen LogP contribution in [-0.4, -0.2) is 6.54 Å². The zero-order chi connectivity index (χ0) is 13.4. The second-order valence-corrected chi connectivity index (χ2v) is 7.00. The summed E-state index contributed by atoms with van der Waals surface area (Å²) in [6.07, 6.45) is 5.72. The van der Waals surface area contributed by atoms with Crippen LogP contribution in [0.25, 0.3) is 0 Å². The molecule has 1 unspecified atom stereocenters. The van der Waals surface area contributed by atoms with Crippen molar-refractivity contribution >= 4 is 15.9 Å². The molecule has 2 aliphatic carbocycles. The van der Waals surface area contributed by atoms with Crippen LogP contribution >= 0.6 is 15.9 Å². The molecule has 1 nitrogen and oxygen atoms in total. The summed E-state index contributed by atoms with van der Waals surface area (Å²) in [6.45, 7) is 3.28. The lowest BCUT2D eigenvalue weighted by atomic mass is 9.97. The minimum Gasteiger partial charge on any atom is -0.310 e. The number of halogens is 2. The molecule has 104 valence electrons. The van der Waals surface area contributed by atoms with Crippen LogP contribution in [0.4, 0.5) is 4.39 Å². The van der Waals surface area contributed by atoms with Gasteiger partial charge in [-0.05, 0) is 90.5 Å². The van der Waals surface area contributed by atoms with Gasteiger partial charge in [-0.25, -0.2) is 4.39 Å². The number of rotatable bonds is 6. The Morgan fingerprint density at radius 2 is 1.89 bits per heavy atom. The largest absolute Gasteiger partial charge is 0.310 e. The summed E-state index contributed by atoms with van der Waals surface area (Å²) in [6, 6.07) is 5.59. The second-order valence-electron chi connectivity index (χ2n) is 6.14. The van der Waals surface area contributed by atoms with Crippen LogP contribution in [0, 0.1) is 23.6 Å². The van der Waals surface area contributed by atoms with E-state index in [0.717, 1.165) is 29.9 Å². The Kier molecular flexibility index (Phi) is 3.95. The monoisotopic (exact) mass is 325 g/mol. The molecule has 19 heavy (non-hydrogen) atoms. The van der Waals surface area contributed by atoms with Gasteiger partial charge in [0.05, 0.1) is 4.47 Å². The van der Waals surface area contributed by atoms with E-state index in [-0.39, 0.29) is 11.9 Å². The van der Waals surface area contributed by atoms with Crippen molar-refractivity contribution in [2.75, 3.05) is 6.54 Å². The van der Waals surface area contributed by atoms with Crippen molar-refractivity contribution in [2.45, 2.75) is 38.6 Å². The number of benzene rings is 1. The van der Waals surface area contributed by atoms with Crippen LogP contribution < -0.4 is 5.32 Å².